The topological polar surface area (TPSA) is 12.5 Å². The van der Waals surface area contributed by atoms with E-state index in [1.807, 2.05) is 0 Å². The number of ether oxygens (including phenoxy) is 1. The van der Waals surface area contributed by atoms with Crippen molar-refractivity contribution in [3.63, 3.8) is 0 Å². The average molecular weight is 155 g/mol. The molecular weight excluding hydrogens is 138 g/mol. The highest BCUT2D eigenvalue weighted by Crippen LogP contribution is 2.30. The molecule has 0 aromatic carbocycles. The van der Waals surface area contributed by atoms with E-state index in [9.17, 15) is 0 Å². The van der Waals surface area contributed by atoms with E-state index in [-0.39, 0.29) is 0 Å². The van der Waals surface area contributed by atoms with E-state index in [2.05, 4.69) is 18.7 Å². The van der Waals surface area contributed by atoms with Crippen LogP contribution in [0.4, 0.5) is 0 Å². The summed E-state index contributed by atoms with van der Waals surface area (Å²) in [5.41, 5.74) is 0. The summed E-state index contributed by atoms with van der Waals surface area (Å²) >= 11 is 0. The van der Waals surface area contributed by atoms with Gasteiger partial charge in [-0.2, -0.15) is 0 Å². The monoisotopic (exact) mass is 155 g/mol. The zero-order chi connectivity index (χ0) is 7.84. The lowest BCUT2D eigenvalue weighted by molar-refractivity contribution is 0.131. The van der Waals surface area contributed by atoms with Crippen molar-refractivity contribution in [2.24, 2.45) is 5.92 Å². The van der Waals surface area contributed by atoms with Crippen molar-refractivity contribution in [3.05, 3.63) is 0 Å². The van der Waals surface area contributed by atoms with Crippen LogP contribution in [0.15, 0.2) is 0 Å². The van der Waals surface area contributed by atoms with E-state index in [1.54, 1.807) is 0 Å². The van der Waals surface area contributed by atoms with E-state index in [1.165, 1.54) is 13.0 Å². The minimum absolute atomic E-state index is 0.701. The highest BCUT2D eigenvalue weighted by molar-refractivity contribution is 4.91. The second-order valence-electron chi connectivity index (χ2n) is 3.99. The third-order valence-corrected chi connectivity index (χ3v) is 3.01. The summed E-state index contributed by atoms with van der Waals surface area (Å²) in [7, 11) is 0. The van der Waals surface area contributed by atoms with Crippen LogP contribution in [0.3, 0.4) is 0 Å². The zero-order valence-electron chi connectivity index (χ0n) is 7.42. The molecule has 0 unspecified atom stereocenters. The molecule has 2 saturated heterocycles. The number of fused-ring (bicyclic) bond motifs is 1. The number of rotatable bonds is 1. The van der Waals surface area contributed by atoms with E-state index in [0.29, 0.717) is 6.04 Å². The minimum Gasteiger partial charge on any atom is -0.379 e. The van der Waals surface area contributed by atoms with Crippen LogP contribution in [0.5, 0.6) is 0 Å². The minimum atomic E-state index is 0.701. The molecule has 0 aliphatic carbocycles. The van der Waals surface area contributed by atoms with Gasteiger partial charge in [0.1, 0.15) is 0 Å². The van der Waals surface area contributed by atoms with Gasteiger partial charge < -0.3 is 4.74 Å². The predicted molar refractivity (Wildman–Crippen MR) is 44.6 cm³/mol. The lowest BCUT2D eigenvalue weighted by Crippen LogP contribution is -2.37. The SMILES string of the molecule is CC(C)N1CC[C@@H]2COC[C@@H]21. The van der Waals surface area contributed by atoms with E-state index < -0.39 is 0 Å². The molecular formula is C9H17NO. The Morgan fingerprint density at radius 1 is 1.36 bits per heavy atom. The number of hydrogen-bond acceptors (Lipinski definition) is 2. The van der Waals surface area contributed by atoms with Crippen LogP contribution in [0, 0.1) is 5.92 Å². The molecule has 2 aliphatic rings. The van der Waals surface area contributed by atoms with Gasteiger partial charge in [-0.1, -0.05) is 0 Å². The maximum atomic E-state index is 5.45. The molecule has 64 valence electrons. The Kier molecular flexibility index (Phi) is 1.90. The number of hydrogen-bond donors (Lipinski definition) is 0. The number of nitrogens with zero attached hydrogens (tertiary/aromatic N) is 1. The third kappa shape index (κ3) is 1.18. The third-order valence-electron chi connectivity index (χ3n) is 3.01. The van der Waals surface area contributed by atoms with E-state index >= 15 is 0 Å². The van der Waals surface area contributed by atoms with E-state index in [0.717, 1.165) is 25.2 Å². The summed E-state index contributed by atoms with van der Waals surface area (Å²) in [6, 6.07) is 1.45. The van der Waals surface area contributed by atoms with Crippen LogP contribution < -0.4 is 0 Å². The van der Waals surface area contributed by atoms with Crippen molar-refractivity contribution in [2.75, 3.05) is 19.8 Å². The predicted octanol–water partition coefficient (Wildman–Crippen LogP) is 1.12. The normalized spacial score (nSPS) is 38.5. The highest BCUT2D eigenvalue weighted by Gasteiger charge is 2.39. The summed E-state index contributed by atoms with van der Waals surface area (Å²) in [6.07, 6.45) is 1.35. The molecule has 2 nitrogen and oxygen atoms in total. The maximum Gasteiger partial charge on any atom is 0.0625 e. The molecule has 0 amide bonds. The molecule has 2 aliphatic heterocycles. The fourth-order valence-corrected chi connectivity index (χ4v) is 2.35. The van der Waals surface area contributed by atoms with Crippen LogP contribution in [0.2, 0.25) is 0 Å². The Morgan fingerprint density at radius 3 is 2.91 bits per heavy atom. The smallest absolute Gasteiger partial charge is 0.0625 e. The summed E-state index contributed by atoms with van der Waals surface area (Å²) < 4.78 is 5.45. The van der Waals surface area contributed by atoms with Gasteiger partial charge in [0.15, 0.2) is 0 Å². The molecule has 0 N–H and O–H groups in total. The average Bonchev–Trinajstić information content (AvgIpc) is 2.41. The second kappa shape index (κ2) is 2.76. The van der Waals surface area contributed by atoms with Crippen LogP contribution >= 0.6 is 0 Å². The van der Waals surface area contributed by atoms with Crippen LogP contribution in [0.25, 0.3) is 0 Å². The Balaban J connectivity index is 2.03. The standard InChI is InChI=1S/C9H17NO/c1-7(2)10-4-3-8-5-11-6-9(8)10/h7-9H,3-6H2,1-2H3/t8-,9+/m1/s1. The molecule has 2 rings (SSSR count). The summed E-state index contributed by atoms with van der Waals surface area (Å²) in [6.45, 7) is 7.83. The number of likely N-dealkylation sites (tertiary alicyclic amines) is 1. The lowest BCUT2D eigenvalue weighted by atomic mass is 10.0. The molecule has 2 heterocycles. The van der Waals surface area contributed by atoms with Crippen molar-refractivity contribution in [1.29, 1.82) is 0 Å². The van der Waals surface area contributed by atoms with Crippen molar-refractivity contribution in [1.82, 2.24) is 4.90 Å². The van der Waals surface area contributed by atoms with E-state index in [4.69, 9.17) is 4.74 Å². The molecule has 0 aromatic heterocycles. The molecule has 2 fully saturated rings. The molecule has 0 spiro atoms. The first-order valence-electron chi connectivity index (χ1n) is 4.62. The summed E-state index contributed by atoms with van der Waals surface area (Å²) in [5, 5.41) is 0. The highest BCUT2D eigenvalue weighted by atomic mass is 16.5. The van der Waals surface area contributed by atoms with Gasteiger partial charge in [0.2, 0.25) is 0 Å². The van der Waals surface area contributed by atoms with Crippen molar-refractivity contribution < 1.29 is 4.74 Å². The summed E-state index contributed by atoms with van der Waals surface area (Å²) in [5.74, 6) is 0.845. The molecule has 2 atom stereocenters. The van der Waals surface area contributed by atoms with Crippen LogP contribution in [-0.4, -0.2) is 36.7 Å². The molecule has 0 bridgehead atoms. The first-order valence-corrected chi connectivity index (χ1v) is 4.62. The molecule has 2 heteroatoms. The van der Waals surface area contributed by atoms with Crippen LogP contribution in [0.1, 0.15) is 20.3 Å². The van der Waals surface area contributed by atoms with Gasteiger partial charge in [0.25, 0.3) is 0 Å². The van der Waals surface area contributed by atoms with Crippen molar-refractivity contribution in [2.45, 2.75) is 32.4 Å². The van der Waals surface area contributed by atoms with Crippen LogP contribution in [-0.2, 0) is 4.74 Å². The Hall–Kier alpha value is -0.0800. The molecule has 0 radical (unpaired) electrons. The molecule has 11 heavy (non-hydrogen) atoms. The second-order valence-corrected chi connectivity index (χ2v) is 3.99. The Labute approximate surface area is 68.5 Å². The van der Waals surface area contributed by atoms with Gasteiger partial charge in [-0.3, -0.25) is 4.90 Å². The largest absolute Gasteiger partial charge is 0.379 e. The molecule has 0 saturated carbocycles. The first kappa shape index (κ1) is 7.56. The maximum absolute atomic E-state index is 5.45. The fourth-order valence-electron chi connectivity index (χ4n) is 2.35. The van der Waals surface area contributed by atoms with Gasteiger partial charge >= 0.3 is 0 Å². The summed E-state index contributed by atoms with van der Waals surface area (Å²) in [4.78, 5) is 2.58. The Bertz CT molecular complexity index is 146. The lowest BCUT2D eigenvalue weighted by Gasteiger charge is -2.26. The zero-order valence-corrected chi connectivity index (χ0v) is 7.42. The fraction of sp³-hybridized carbons (Fsp3) is 1.00. The first-order chi connectivity index (χ1) is 5.29. The Morgan fingerprint density at radius 2 is 2.18 bits per heavy atom. The van der Waals surface area contributed by atoms with Gasteiger partial charge in [0.05, 0.1) is 13.2 Å². The quantitative estimate of drug-likeness (QED) is 0.562. The van der Waals surface area contributed by atoms with Gasteiger partial charge in [-0.15, -0.1) is 0 Å². The van der Waals surface area contributed by atoms with Crippen molar-refractivity contribution in [3.8, 4) is 0 Å². The van der Waals surface area contributed by atoms with Gasteiger partial charge in [0, 0.05) is 18.0 Å². The van der Waals surface area contributed by atoms with Crippen molar-refractivity contribution >= 4 is 0 Å². The molecule has 0 aromatic rings. The van der Waals surface area contributed by atoms with Gasteiger partial charge in [-0.25, -0.2) is 0 Å². The van der Waals surface area contributed by atoms with Gasteiger partial charge in [-0.05, 0) is 26.8 Å².